The molecule has 1 saturated carbocycles. The average Bonchev–Trinajstić information content (AvgIpc) is 3.85. The fraction of sp³-hybridized carbons (Fsp3) is 0.312. The van der Waals surface area contributed by atoms with Crippen molar-refractivity contribution in [2.45, 2.75) is 19.3 Å². The van der Waals surface area contributed by atoms with Gasteiger partial charge in [-0.3, -0.25) is 4.79 Å². The number of aromatic nitrogens is 2. The van der Waals surface area contributed by atoms with Crippen molar-refractivity contribution in [3.05, 3.63) is 60.3 Å². The highest BCUT2D eigenvalue weighted by molar-refractivity contribution is 5.97. The fourth-order valence-corrected chi connectivity index (χ4v) is 5.32. The van der Waals surface area contributed by atoms with Crippen molar-refractivity contribution in [1.29, 1.82) is 5.26 Å². The van der Waals surface area contributed by atoms with Crippen molar-refractivity contribution in [3.8, 4) is 39.8 Å². The first-order valence-corrected chi connectivity index (χ1v) is 13.8. The zero-order valence-electron chi connectivity index (χ0n) is 23.1. The van der Waals surface area contributed by atoms with Gasteiger partial charge in [0, 0.05) is 41.4 Å². The highest BCUT2D eigenvalue weighted by atomic mass is 16.5. The Hall–Kier alpha value is -4.68. The number of fused-ring (bicyclic) bond motifs is 1. The number of nitriles is 1. The Morgan fingerprint density at radius 1 is 1.00 bits per heavy atom. The van der Waals surface area contributed by atoms with Crippen LogP contribution in [0.3, 0.4) is 0 Å². The molecular formula is C32H31N5O4. The van der Waals surface area contributed by atoms with Gasteiger partial charge in [-0.15, -0.1) is 10.2 Å². The van der Waals surface area contributed by atoms with Gasteiger partial charge >= 0.3 is 0 Å². The van der Waals surface area contributed by atoms with E-state index in [1.54, 1.807) is 19.1 Å². The molecule has 1 saturated heterocycles. The molecule has 1 aliphatic heterocycles. The number of carbonyl (C=O) groups excluding carboxylic acids is 1. The number of anilines is 2. The maximum atomic E-state index is 12.4. The predicted molar refractivity (Wildman–Crippen MR) is 157 cm³/mol. The summed E-state index contributed by atoms with van der Waals surface area (Å²) in [5, 5.41) is 22.5. The second kappa shape index (κ2) is 11.4. The molecule has 9 heteroatoms. The molecule has 41 heavy (non-hydrogen) atoms. The van der Waals surface area contributed by atoms with Crippen LogP contribution in [0.2, 0.25) is 0 Å². The van der Waals surface area contributed by atoms with Gasteiger partial charge in [-0.05, 0) is 59.9 Å². The number of morpholine rings is 1. The van der Waals surface area contributed by atoms with Gasteiger partial charge in [-0.1, -0.05) is 25.0 Å². The Labute approximate surface area is 238 Å². The van der Waals surface area contributed by atoms with E-state index >= 15 is 0 Å². The quantitative estimate of drug-likeness (QED) is 0.294. The van der Waals surface area contributed by atoms with Crippen LogP contribution in [-0.2, 0) is 9.53 Å². The lowest BCUT2D eigenvalue weighted by Crippen LogP contribution is -2.41. The average molecular weight is 550 g/mol. The topological polar surface area (TPSA) is 110 Å². The van der Waals surface area contributed by atoms with Crippen molar-refractivity contribution in [1.82, 2.24) is 10.2 Å². The van der Waals surface area contributed by atoms with Crippen LogP contribution in [0, 0.1) is 17.2 Å². The van der Waals surface area contributed by atoms with Crippen molar-refractivity contribution < 1.29 is 19.0 Å². The third-order valence-electron chi connectivity index (χ3n) is 7.72. The predicted octanol–water partition coefficient (Wildman–Crippen LogP) is 5.43. The van der Waals surface area contributed by atoms with Gasteiger partial charge in [0.05, 0.1) is 32.0 Å². The number of nitrogens with one attached hydrogen (secondary N) is 1. The van der Waals surface area contributed by atoms with E-state index in [0.717, 1.165) is 57.9 Å². The number of nitrogens with zero attached hydrogens (tertiary/aromatic N) is 4. The third kappa shape index (κ3) is 5.39. The van der Waals surface area contributed by atoms with Crippen molar-refractivity contribution >= 4 is 28.2 Å². The van der Waals surface area contributed by atoms with Crippen LogP contribution < -0.4 is 19.7 Å². The summed E-state index contributed by atoms with van der Waals surface area (Å²) in [5.74, 6) is 2.10. The second-order valence-corrected chi connectivity index (χ2v) is 10.3. The van der Waals surface area contributed by atoms with Crippen LogP contribution in [0.5, 0.6) is 11.5 Å². The summed E-state index contributed by atoms with van der Waals surface area (Å²) in [6.45, 7) is 1.89. The van der Waals surface area contributed by atoms with Crippen LogP contribution in [0.1, 0.15) is 25.0 Å². The summed E-state index contributed by atoms with van der Waals surface area (Å²) < 4.78 is 16.8. The van der Waals surface area contributed by atoms with Crippen LogP contribution >= 0.6 is 0 Å². The van der Waals surface area contributed by atoms with Gasteiger partial charge in [0.1, 0.15) is 24.2 Å². The lowest BCUT2D eigenvalue weighted by atomic mass is 9.96. The van der Waals surface area contributed by atoms with E-state index in [0.29, 0.717) is 35.9 Å². The number of hydrogen-bond donors (Lipinski definition) is 1. The van der Waals surface area contributed by atoms with E-state index < -0.39 is 0 Å². The van der Waals surface area contributed by atoms with Crippen molar-refractivity contribution in [2.75, 3.05) is 50.7 Å². The van der Waals surface area contributed by atoms with Crippen LogP contribution in [0.15, 0.2) is 54.6 Å². The van der Waals surface area contributed by atoms with Crippen LogP contribution in [-0.4, -0.2) is 56.6 Å². The maximum Gasteiger partial charge on any atom is 0.253 e. The zero-order chi connectivity index (χ0) is 28.3. The number of carbonyl (C=O) groups is 1. The highest BCUT2D eigenvalue weighted by Gasteiger charge is 2.23. The Balaban J connectivity index is 1.36. The van der Waals surface area contributed by atoms with Crippen molar-refractivity contribution in [3.63, 3.8) is 0 Å². The molecule has 1 aliphatic carbocycles. The van der Waals surface area contributed by atoms with Gasteiger partial charge < -0.3 is 24.4 Å². The molecule has 2 fully saturated rings. The smallest absolute Gasteiger partial charge is 0.253 e. The zero-order valence-corrected chi connectivity index (χ0v) is 23.1. The number of amides is 1. The van der Waals surface area contributed by atoms with E-state index in [9.17, 15) is 10.1 Å². The van der Waals surface area contributed by atoms with E-state index in [1.807, 2.05) is 48.5 Å². The number of ether oxygens (including phenoxy) is 3. The summed E-state index contributed by atoms with van der Waals surface area (Å²) in [7, 11) is 3.27. The lowest BCUT2D eigenvalue weighted by Gasteiger charge is -2.27. The van der Waals surface area contributed by atoms with E-state index in [4.69, 9.17) is 14.2 Å². The molecule has 1 aromatic heterocycles. The summed E-state index contributed by atoms with van der Waals surface area (Å²) in [6, 6.07) is 19.9. The Bertz CT molecular complexity index is 1660. The Morgan fingerprint density at radius 2 is 1.80 bits per heavy atom. The van der Waals surface area contributed by atoms with Gasteiger partial charge in [-0.2, -0.15) is 5.26 Å². The molecule has 3 aromatic carbocycles. The molecule has 9 nitrogen and oxygen atoms in total. The molecular weight excluding hydrogens is 518 g/mol. The number of methoxy groups -OCH3 is 2. The minimum atomic E-state index is -0.0691. The monoisotopic (exact) mass is 549 g/mol. The molecule has 1 amide bonds. The Kier molecular flexibility index (Phi) is 7.40. The minimum Gasteiger partial charge on any atom is -0.496 e. The standard InChI is InChI=1S/C32H31N5O4/c1-39-29-10-6-21(24-9-7-23(17-30(24)40-2)37-13-14-41-19-31(37)38)15-26(29)22-5-8-25-27(16-22)35-36-28(18-33)32(25)34-12-11-20-3-4-20/h5-10,15-17,20H,3-4,11-14,19H2,1-2H3,(H,34,35). The van der Waals surface area contributed by atoms with Gasteiger partial charge in [-0.25, -0.2) is 0 Å². The molecule has 0 bridgehead atoms. The Morgan fingerprint density at radius 3 is 2.56 bits per heavy atom. The number of hydrogen-bond acceptors (Lipinski definition) is 8. The first-order valence-electron chi connectivity index (χ1n) is 13.8. The molecule has 2 heterocycles. The molecule has 1 N–H and O–H groups in total. The molecule has 0 radical (unpaired) electrons. The van der Waals surface area contributed by atoms with Gasteiger partial charge in [0.25, 0.3) is 5.91 Å². The fourth-order valence-electron chi connectivity index (χ4n) is 5.32. The molecule has 2 aliphatic rings. The maximum absolute atomic E-state index is 12.4. The van der Waals surface area contributed by atoms with Gasteiger partial charge in [0.2, 0.25) is 0 Å². The number of rotatable bonds is 9. The minimum absolute atomic E-state index is 0.0691. The number of benzene rings is 3. The summed E-state index contributed by atoms with van der Waals surface area (Å²) in [4.78, 5) is 14.1. The largest absolute Gasteiger partial charge is 0.496 e. The van der Waals surface area contributed by atoms with E-state index in [2.05, 4.69) is 27.6 Å². The molecule has 0 spiro atoms. The molecule has 6 rings (SSSR count). The SMILES string of the molecule is COc1cc(N2CCOCC2=O)ccc1-c1ccc(OC)c(-c2ccc3c(NCCC4CC4)c(C#N)nnc3c2)c1. The van der Waals surface area contributed by atoms with Crippen molar-refractivity contribution in [2.24, 2.45) is 5.92 Å². The molecule has 4 aromatic rings. The van der Waals surface area contributed by atoms with Crippen LogP contribution in [0.25, 0.3) is 33.2 Å². The third-order valence-corrected chi connectivity index (χ3v) is 7.72. The summed E-state index contributed by atoms with van der Waals surface area (Å²) >= 11 is 0. The van der Waals surface area contributed by atoms with Gasteiger partial charge in [0.15, 0.2) is 5.69 Å². The first-order chi connectivity index (χ1) is 20.1. The van der Waals surface area contributed by atoms with E-state index in [1.165, 1.54) is 12.8 Å². The summed E-state index contributed by atoms with van der Waals surface area (Å²) in [5.41, 5.74) is 6.13. The first kappa shape index (κ1) is 26.5. The second-order valence-electron chi connectivity index (χ2n) is 10.3. The molecule has 0 atom stereocenters. The summed E-state index contributed by atoms with van der Waals surface area (Å²) in [6.07, 6.45) is 3.66. The molecule has 0 unspecified atom stereocenters. The van der Waals surface area contributed by atoms with Crippen LogP contribution in [0.4, 0.5) is 11.4 Å². The molecule has 208 valence electrons. The highest BCUT2D eigenvalue weighted by Crippen LogP contribution is 2.40. The normalized spacial score (nSPS) is 15.0. The lowest BCUT2D eigenvalue weighted by molar-refractivity contribution is -0.125. The van der Waals surface area contributed by atoms with E-state index in [-0.39, 0.29) is 12.5 Å².